The lowest BCUT2D eigenvalue weighted by atomic mass is 10.2. The molecule has 0 radical (unpaired) electrons. The highest BCUT2D eigenvalue weighted by atomic mass is 35.5. The summed E-state index contributed by atoms with van der Waals surface area (Å²) in [5, 5.41) is 12.1. The van der Waals surface area contributed by atoms with Crippen molar-refractivity contribution < 1.29 is 9.90 Å². The number of unbranched alkanes of at least 4 members (excludes halogenated alkanes) is 3. The average molecular weight is 257 g/mol. The number of nitrogens with one attached hydrogen (secondary N) is 1. The second-order valence-electron chi connectivity index (χ2n) is 3.84. The lowest BCUT2D eigenvalue weighted by Crippen LogP contribution is -2.06. The van der Waals surface area contributed by atoms with Gasteiger partial charge in [-0.05, 0) is 12.5 Å². The zero-order chi connectivity index (χ0) is 12.7. The maximum Gasteiger partial charge on any atom is 0.337 e. The Morgan fingerprint density at radius 1 is 1.47 bits per heavy atom. The summed E-state index contributed by atoms with van der Waals surface area (Å²) >= 11 is 5.72. The van der Waals surface area contributed by atoms with E-state index in [4.69, 9.17) is 16.7 Å². The smallest absolute Gasteiger partial charge is 0.337 e. The number of anilines is 1. The van der Waals surface area contributed by atoms with Gasteiger partial charge in [0.2, 0.25) is 0 Å². The molecule has 1 rings (SSSR count). The highest BCUT2D eigenvalue weighted by molar-refractivity contribution is 6.33. The van der Waals surface area contributed by atoms with Crippen molar-refractivity contribution in [2.75, 3.05) is 11.9 Å². The van der Waals surface area contributed by atoms with Crippen LogP contribution in [-0.4, -0.2) is 22.6 Å². The predicted molar refractivity (Wildman–Crippen MR) is 68.8 cm³/mol. The van der Waals surface area contributed by atoms with E-state index >= 15 is 0 Å². The molecule has 0 amide bonds. The molecule has 1 heterocycles. The number of carboxylic acid groups (broad SMARTS) is 1. The van der Waals surface area contributed by atoms with E-state index < -0.39 is 5.97 Å². The Kier molecular flexibility index (Phi) is 5.77. The van der Waals surface area contributed by atoms with Gasteiger partial charge in [-0.25, -0.2) is 9.78 Å². The van der Waals surface area contributed by atoms with Crippen LogP contribution in [0.2, 0.25) is 5.02 Å². The average Bonchev–Trinajstić information content (AvgIpc) is 2.30. The molecule has 0 aromatic carbocycles. The van der Waals surface area contributed by atoms with Crippen molar-refractivity contribution >= 4 is 23.4 Å². The van der Waals surface area contributed by atoms with Gasteiger partial charge < -0.3 is 10.4 Å². The van der Waals surface area contributed by atoms with Gasteiger partial charge in [-0.15, -0.1) is 0 Å². The minimum Gasteiger partial charge on any atom is -0.478 e. The summed E-state index contributed by atoms with van der Waals surface area (Å²) in [6.07, 6.45) is 6.00. The molecule has 0 aliphatic rings. The second-order valence-corrected chi connectivity index (χ2v) is 4.25. The molecule has 0 saturated carbocycles. The molecule has 0 aliphatic heterocycles. The van der Waals surface area contributed by atoms with Gasteiger partial charge in [0.05, 0.1) is 10.6 Å². The summed E-state index contributed by atoms with van der Waals surface area (Å²) in [5.74, 6) is -0.477. The Morgan fingerprint density at radius 3 is 2.88 bits per heavy atom. The van der Waals surface area contributed by atoms with Crippen molar-refractivity contribution in [3.63, 3.8) is 0 Å². The van der Waals surface area contributed by atoms with Gasteiger partial charge in [-0.3, -0.25) is 0 Å². The number of pyridine rings is 1. The molecule has 0 unspecified atom stereocenters. The molecule has 17 heavy (non-hydrogen) atoms. The lowest BCUT2D eigenvalue weighted by Gasteiger charge is -2.06. The summed E-state index contributed by atoms with van der Waals surface area (Å²) in [7, 11) is 0. The van der Waals surface area contributed by atoms with E-state index in [2.05, 4.69) is 17.2 Å². The highest BCUT2D eigenvalue weighted by Crippen LogP contribution is 2.17. The number of carbonyl (C=O) groups is 1. The third kappa shape index (κ3) is 4.61. The lowest BCUT2D eigenvalue weighted by molar-refractivity contribution is 0.0697. The minimum atomic E-state index is -1.04. The van der Waals surface area contributed by atoms with E-state index in [1.165, 1.54) is 31.5 Å². The summed E-state index contributed by atoms with van der Waals surface area (Å²) in [6, 6.07) is 1.46. The fraction of sp³-hybridized carbons (Fsp3) is 0.500. The third-order valence-corrected chi connectivity index (χ3v) is 2.72. The first-order chi connectivity index (χ1) is 8.15. The molecule has 0 atom stereocenters. The van der Waals surface area contributed by atoms with E-state index in [1.54, 1.807) is 0 Å². The molecule has 0 saturated heterocycles. The first-order valence-electron chi connectivity index (χ1n) is 5.78. The van der Waals surface area contributed by atoms with Crippen LogP contribution in [0.25, 0.3) is 0 Å². The number of aromatic nitrogens is 1. The predicted octanol–water partition coefficient (Wildman–Crippen LogP) is 3.43. The Balaban J connectivity index is 2.49. The molecule has 0 spiro atoms. The summed E-state index contributed by atoms with van der Waals surface area (Å²) in [6.45, 7) is 2.96. The van der Waals surface area contributed by atoms with E-state index in [1.807, 2.05) is 0 Å². The number of halogens is 1. The quantitative estimate of drug-likeness (QED) is 0.734. The summed E-state index contributed by atoms with van der Waals surface area (Å²) < 4.78 is 0. The number of nitrogens with zero attached hydrogens (tertiary/aromatic N) is 1. The molecular weight excluding hydrogens is 240 g/mol. The van der Waals surface area contributed by atoms with Gasteiger partial charge in [-0.2, -0.15) is 0 Å². The topological polar surface area (TPSA) is 62.2 Å². The number of aromatic carboxylic acids is 1. The molecule has 0 bridgehead atoms. The van der Waals surface area contributed by atoms with E-state index in [9.17, 15) is 4.79 Å². The SMILES string of the molecule is CCCCCCNc1cc(C(=O)O)c(Cl)cn1. The summed E-state index contributed by atoms with van der Waals surface area (Å²) in [4.78, 5) is 14.9. The Morgan fingerprint density at radius 2 is 2.24 bits per heavy atom. The largest absolute Gasteiger partial charge is 0.478 e. The monoisotopic (exact) mass is 256 g/mol. The Hall–Kier alpha value is -1.29. The first-order valence-corrected chi connectivity index (χ1v) is 6.15. The van der Waals surface area contributed by atoms with Gasteiger partial charge in [0.15, 0.2) is 0 Å². The summed E-state index contributed by atoms with van der Waals surface area (Å²) in [5.41, 5.74) is 0.0812. The zero-order valence-corrected chi connectivity index (χ0v) is 10.6. The van der Waals surface area contributed by atoms with Gasteiger partial charge in [0.1, 0.15) is 5.82 Å². The van der Waals surface area contributed by atoms with Crippen molar-refractivity contribution in [3.8, 4) is 0 Å². The standard InChI is InChI=1S/C12H17ClN2O2/c1-2-3-4-5-6-14-11-7-9(12(16)17)10(13)8-15-11/h7-8H,2-6H2,1H3,(H,14,15)(H,16,17). The molecule has 0 fully saturated rings. The highest BCUT2D eigenvalue weighted by Gasteiger charge is 2.09. The van der Waals surface area contributed by atoms with Crippen molar-refractivity contribution in [3.05, 3.63) is 22.8 Å². The minimum absolute atomic E-state index is 0.0812. The molecule has 1 aromatic heterocycles. The van der Waals surface area contributed by atoms with Crippen LogP contribution in [0.4, 0.5) is 5.82 Å². The van der Waals surface area contributed by atoms with Crippen molar-refractivity contribution in [1.29, 1.82) is 0 Å². The first kappa shape index (κ1) is 13.8. The number of carboxylic acids is 1. The molecular formula is C12H17ClN2O2. The van der Waals surface area contributed by atoms with Crippen LogP contribution in [0, 0.1) is 0 Å². The Labute approximate surface area is 106 Å². The number of hydrogen-bond acceptors (Lipinski definition) is 3. The molecule has 2 N–H and O–H groups in total. The molecule has 5 heteroatoms. The Bertz CT molecular complexity index is 383. The maximum atomic E-state index is 10.8. The van der Waals surface area contributed by atoms with Crippen LogP contribution in [0.15, 0.2) is 12.3 Å². The molecule has 4 nitrogen and oxygen atoms in total. The zero-order valence-electron chi connectivity index (χ0n) is 9.87. The van der Waals surface area contributed by atoms with Crippen molar-refractivity contribution in [2.24, 2.45) is 0 Å². The van der Waals surface area contributed by atoms with Gasteiger partial charge in [-0.1, -0.05) is 37.8 Å². The number of rotatable bonds is 7. The van der Waals surface area contributed by atoms with Gasteiger partial charge in [0.25, 0.3) is 0 Å². The van der Waals surface area contributed by atoms with E-state index in [-0.39, 0.29) is 10.6 Å². The molecule has 0 aliphatic carbocycles. The van der Waals surface area contributed by atoms with Gasteiger partial charge in [0, 0.05) is 12.7 Å². The van der Waals surface area contributed by atoms with Crippen molar-refractivity contribution in [2.45, 2.75) is 32.6 Å². The van der Waals surface area contributed by atoms with Crippen LogP contribution in [-0.2, 0) is 0 Å². The molecule has 94 valence electrons. The van der Waals surface area contributed by atoms with Crippen LogP contribution < -0.4 is 5.32 Å². The van der Waals surface area contributed by atoms with E-state index in [0.29, 0.717) is 5.82 Å². The molecule has 1 aromatic rings. The fourth-order valence-corrected chi connectivity index (χ4v) is 1.65. The normalized spacial score (nSPS) is 10.2. The maximum absolute atomic E-state index is 10.8. The van der Waals surface area contributed by atoms with Crippen LogP contribution in [0.5, 0.6) is 0 Å². The van der Waals surface area contributed by atoms with Crippen molar-refractivity contribution in [1.82, 2.24) is 4.98 Å². The van der Waals surface area contributed by atoms with Crippen LogP contribution in [0.1, 0.15) is 43.0 Å². The second kappa shape index (κ2) is 7.12. The third-order valence-electron chi connectivity index (χ3n) is 2.42. The fourth-order valence-electron chi connectivity index (χ4n) is 1.47. The van der Waals surface area contributed by atoms with Crippen LogP contribution >= 0.6 is 11.6 Å². The van der Waals surface area contributed by atoms with Crippen LogP contribution in [0.3, 0.4) is 0 Å². The van der Waals surface area contributed by atoms with E-state index in [0.717, 1.165) is 13.0 Å². The van der Waals surface area contributed by atoms with Gasteiger partial charge >= 0.3 is 5.97 Å². The number of hydrogen-bond donors (Lipinski definition) is 2.